The van der Waals surface area contributed by atoms with Gasteiger partial charge in [0.2, 0.25) is 11.8 Å². The van der Waals surface area contributed by atoms with Crippen molar-refractivity contribution in [2.45, 2.75) is 19.9 Å². The number of nitrogens with one attached hydrogen (secondary N) is 3. The molecule has 3 amide bonds. The monoisotopic (exact) mass is 350 g/mol. The molecule has 0 heterocycles. The van der Waals surface area contributed by atoms with Gasteiger partial charge in [-0.25, -0.2) is 0 Å². The molecule has 0 radical (unpaired) electrons. The lowest BCUT2D eigenvalue weighted by Crippen LogP contribution is -2.22. The molecule has 0 aromatic heterocycles. The Morgan fingerprint density at radius 1 is 1.00 bits per heavy atom. The minimum Gasteiger partial charge on any atom is -0.351 e. The second-order valence-electron chi connectivity index (χ2n) is 5.53. The smallest absolute Gasteiger partial charge is 0.255 e. The first-order chi connectivity index (χ1) is 12.5. The predicted octanol–water partition coefficient (Wildman–Crippen LogP) is 2.43. The fourth-order valence-electron chi connectivity index (χ4n) is 2.24. The van der Waals surface area contributed by atoms with Crippen LogP contribution in [0.2, 0.25) is 0 Å². The van der Waals surface area contributed by atoms with Crippen LogP contribution in [0.25, 0.3) is 0 Å². The van der Waals surface area contributed by atoms with Crippen molar-refractivity contribution in [3.8, 4) is 6.07 Å². The molecular formula is C19H18N4O3. The fourth-order valence-corrected chi connectivity index (χ4v) is 2.24. The van der Waals surface area contributed by atoms with Crippen molar-refractivity contribution in [1.82, 2.24) is 5.32 Å². The van der Waals surface area contributed by atoms with Crippen LogP contribution >= 0.6 is 0 Å². The van der Waals surface area contributed by atoms with Gasteiger partial charge in [0.1, 0.15) is 6.42 Å². The molecule has 132 valence electrons. The summed E-state index contributed by atoms with van der Waals surface area (Å²) in [5, 5.41) is 16.5. The van der Waals surface area contributed by atoms with E-state index in [0.717, 1.165) is 5.56 Å². The summed E-state index contributed by atoms with van der Waals surface area (Å²) in [5.74, 6) is -0.881. The summed E-state index contributed by atoms with van der Waals surface area (Å²) >= 11 is 0. The van der Waals surface area contributed by atoms with Crippen LogP contribution in [0.15, 0.2) is 48.5 Å². The topological polar surface area (TPSA) is 111 Å². The van der Waals surface area contributed by atoms with Crippen LogP contribution in [0, 0.1) is 11.3 Å². The van der Waals surface area contributed by atoms with Crippen LogP contribution in [0.4, 0.5) is 11.4 Å². The maximum Gasteiger partial charge on any atom is 0.255 e. The van der Waals surface area contributed by atoms with Gasteiger partial charge < -0.3 is 16.0 Å². The molecule has 0 unspecified atom stereocenters. The van der Waals surface area contributed by atoms with Gasteiger partial charge in [0, 0.05) is 30.4 Å². The first-order valence-corrected chi connectivity index (χ1v) is 7.89. The lowest BCUT2D eigenvalue weighted by molar-refractivity contribution is -0.120. The molecular weight excluding hydrogens is 332 g/mol. The van der Waals surface area contributed by atoms with Crippen LogP contribution < -0.4 is 16.0 Å². The summed E-state index contributed by atoms with van der Waals surface area (Å²) in [5.41, 5.74) is 2.32. The number of amides is 3. The minimum absolute atomic E-state index is 0.193. The molecule has 0 bridgehead atoms. The second-order valence-corrected chi connectivity index (χ2v) is 5.53. The van der Waals surface area contributed by atoms with Crippen molar-refractivity contribution < 1.29 is 14.4 Å². The predicted molar refractivity (Wildman–Crippen MR) is 97.2 cm³/mol. The summed E-state index contributed by atoms with van der Waals surface area (Å²) in [7, 11) is 0. The summed E-state index contributed by atoms with van der Waals surface area (Å²) in [6, 6.07) is 15.4. The van der Waals surface area contributed by atoms with E-state index >= 15 is 0 Å². The molecule has 0 spiro atoms. The van der Waals surface area contributed by atoms with E-state index in [2.05, 4.69) is 16.0 Å². The third-order valence-corrected chi connectivity index (χ3v) is 3.36. The Balaban J connectivity index is 2.03. The number of benzene rings is 2. The van der Waals surface area contributed by atoms with Crippen LogP contribution in [0.3, 0.4) is 0 Å². The molecule has 2 aromatic rings. The maximum atomic E-state index is 12.4. The van der Waals surface area contributed by atoms with Crippen LogP contribution in [0.5, 0.6) is 0 Å². The number of rotatable bonds is 6. The zero-order chi connectivity index (χ0) is 18.9. The summed E-state index contributed by atoms with van der Waals surface area (Å²) in [6.07, 6.45) is -0.193. The van der Waals surface area contributed by atoms with E-state index in [1.165, 1.54) is 6.92 Å². The highest BCUT2D eigenvalue weighted by Crippen LogP contribution is 2.15. The number of nitriles is 1. The van der Waals surface area contributed by atoms with Gasteiger partial charge in [-0.05, 0) is 35.9 Å². The lowest BCUT2D eigenvalue weighted by Gasteiger charge is -2.09. The van der Waals surface area contributed by atoms with Crippen LogP contribution in [0.1, 0.15) is 29.3 Å². The number of carbonyl (C=O) groups is 3. The third-order valence-electron chi connectivity index (χ3n) is 3.36. The molecule has 2 aromatic carbocycles. The highest BCUT2D eigenvalue weighted by Gasteiger charge is 2.08. The number of hydrogen-bond donors (Lipinski definition) is 3. The first kappa shape index (κ1) is 18.7. The quantitative estimate of drug-likeness (QED) is 0.743. The molecule has 0 aliphatic rings. The zero-order valence-corrected chi connectivity index (χ0v) is 14.2. The highest BCUT2D eigenvalue weighted by molar-refractivity contribution is 6.05. The lowest BCUT2D eigenvalue weighted by atomic mass is 10.1. The Morgan fingerprint density at radius 3 is 2.38 bits per heavy atom. The number of carbonyl (C=O) groups excluding carboxylic acids is 3. The van der Waals surface area contributed by atoms with Gasteiger partial charge in [-0.1, -0.05) is 18.2 Å². The van der Waals surface area contributed by atoms with E-state index in [1.54, 1.807) is 54.6 Å². The van der Waals surface area contributed by atoms with Crippen LogP contribution in [-0.2, 0) is 16.1 Å². The first-order valence-electron chi connectivity index (χ1n) is 7.89. The van der Waals surface area contributed by atoms with Crippen molar-refractivity contribution >= 4 is 29.1 Å². The highest BCUT2D eigenvalue weighted by atomic mass is 16.2. The molecule has 0 fully saturated rings. The molecule has 26 heavy (non-hydrogen) atoms. The summed E-state index contributed by atoms with van der Waals surface area (Å²) in [6.45, 7) is 1.66. The molecule has 2 rings (SSSR count). The Labute approximate surface area is 151 Å². The Hall–Kier alpha value is -3.66. The van der Waals surface area contributed by atoms with E-state index < -0.39 is 0 Å². The summed E-state index contributed by atoms with van der Waals surface area (Å²) in [4.78, 5) is 34.8. The van der Waals surface area contributed by atoms with Crippen molar-refractivity contribution in [1.29, 1.82) is 5.26 Å². The van der Waals surface area contributed by atoms with Gasteiger partial charge in [-0.3, -0.25) is 14.4 Å². The normalized spacial score (nSPS) is 9.69. The van der Waals surface area contributed by atoms with Crippen molar-refractivity contribution in [2.24, 2.45) is 0 Å². The average Bonchev–Trinajstić information content (AvgIpc) is 2.60. The molecule has 0 saturated carbocycles. The van der Waals surface area contributed by atoms with Crippen molar-refractivity contribution in [3.63, 3.8) is 0 Å². The Kier molecular flexibility index (Phi) is 6.46. The van der Waals surface area contributed by atoms with Gasteiger partial charge in [0.25, 0.3) is 5.91 Å². The number of hydrogen-bond acceptors (Lipinski definition) is 4. The molecule has 0 atom stereocenters. The minimum atomic E-state index is -0.350. The van der Waals surface area contributed by atoms with Crippen molar-refractivity contribution in [3.05, 3.63) is 59.7 Å². The maximum absolute atomic E-state index is 12.4. The van der Waals surface area contributed by atoms with E-state index in [-0.39, 0.29) is 30.7 Å². The molecule has 7 nitrogen and oxygen atoms in total. The van der Waals surface area contributed by atoms with Gasteiger partial charge in [0.15, 0.2) is 0 Å². The van der Waals surface area contributed by atoms with Gasteiger partial charge in [0.05, 0.1) is 6.07 Å². The molecule has 7 heteroatoms. The van der Waals surface area contributed by atoms with Gasteiger partial charge in [-0.2, -0.15) is 5.26 Å². The van der Waals surface area contributed by atoms with E-state index in [4.69, 9.17) is 5.26 Å². The van der Waals surface area contributed by atoms with E-state index in [9.17, 15) is 14.4 Å². The molecule has 0 aliphatic carbocycles. The van der Waals surface area contributed by atoms with Crippen LogP contribution in [-0.4, -0.2) is 17.7 Å². The molecule has 3 N–H and O–H groups in total. The zero-order valence-electron chi connectivity index (χ0n) is 14.2. The number of nitrogens with zero attached hydrogens (tertiary/aromatic N) is 1. The van der Waals surface area contributed by atoms with E-state index in [1.807, 2.05) is 0 Å². The fraction of sp³-hybridized carbons (Fsp3) is 0.158. The van der Waals surface area contributed by atoms with Gasteiger partial charge in [-0.15, -0.1) is 0 Å². The largest absolute Gasteiger partial charge is 0.351 e. The Bertz CT molecular complexity index is 871. The third kappa shape index (κ3) is 5.76. The van der Waals surface area contributed by atoms with Gasteiger partial charge >= 0.3 is 0 Å². The Morgan fingerprint density at radius 2 is 1.69 bits per heavy atom. The summed E-state index contributed by atoms with van der Waals surface area (Å²) < 4.78 is 0. The SMILES string of the molecule is CC(=O)Nc1cccc(C(=O)Nc2cccc(CNC(=O)CC#N)c2)c1. The number of anilines is 2. The van der Waals surface area contributed by atoms with E-state index in [0.29, 0.717) is 16.9 Å². The molecule has 0 saturated heterocycles. The van der Waals surface area contributed by atoms with Crippen molar-refractivity contribution in [2.75, 3.05) is 10.6 Å². The second kappa shape index (κ2) is 8.99. The standard InChI is InChI=1S/C19H18N4O3/c1-13(24)22-17-7-3-5-15(11-17)19(26)23-16-6-2-4-14(10-16)12-21-18(25)8-9-20/h2-7,10-11H,8,12H2,1H3,(H,21,25)(H,22,24)(H,23,26). The molecule has 0 aliphatic heterocycles. The average molecular weight is 350 g/mol.